The van der Waals surface area contributed by atoms with Crippen LogP contribution in [0.4, 0.5) is 0 Å². The Morgan fingerprint density at radius 1 is 1.43 bits per heavy atom. The normalized spacial score (nSPS) is 20.8. The van der Waals surface area contributed by atoms with Gasteiger partial charge in [0.05, 0.1) is 6.54 Å². The van der Waals surface area contributed by atoms with Gasteiger partial charge in [-0.25, -0.2) is 4.99 Å². The van der Waals surface area contributed by atoms with Crippen LogP contribution in [-0.2, 0) is 6.54 Å². The van der Waals surface area contributed by atoms with Crippen LogP contribution in [0.5, 0.6) is 0 Å². The van der Waals surface area contributed by atoms with Crippen molar-refractivity contribution in [3.05, 3.63) is 35.4 Å². The van der Waals surface area contributed by atoms with E-state index in [1.54, 1.807) is 13.1 Å². The lowest BCUT2D eigenvalue weighted by molar-refractivity contribution is 0.0963. The maximum Gasteiger partial charge on any atom is 0.251 e. The maximum atomic E-state index is 11.6. The van der Waals surface area contributed by atoms with Crippen molar-refractivity contribution in [2.75, 3.05) is 13.6 Å². The molecule has 1 aliphatic rings. The van der Waals surface area contributed by atoms with Crippen LogP contribution in [-0.4, -0.2) is 31.5 Å². The minimum atomic E-state index is -0.0716. The monoisotopic (exact) mass is 288 g/mol. The lowest BCUT2D eigenvalue weighted by atomic mass is 10.1. The summed E-state index contributed by atoms with van der Waals surface area (Å²) in [5, 5.41) is 9.31. The molecule has 0 radical (unpaired) electrons. The molecule has 1 fully saturated rings. The predicted octanol–water partition coefficient (Wildman–Crippen LogP) is 1.51. The maximum absolute atomic E-state index is 11.6. The first-order chi connectivity index (χ1) is 10.1. The standard InChI is InChI=1S/C16H24N4O/c1-4-18-16(20-14-8-11(14)2)19-10-12-6-5-7-13(9-12)15(21)17-3/h5-7,9,11,14H,4,8,10H2,1-3H3,(H,17,21)(H2,18,19,20). The van der Waals surface area contributed by atoms with Crippen molar-refractivity contribution in [2.45, 2.75) is 32.9 Å². The summed E-state index contributed by atoms with van der Waals surface area (Å²) < 4.78 is 0. The Kier molecular flexibility index (Phi) is 5.20. The highest BCUT2D eigenvalue weighted by Gasteiger charge is 2.33. The van der Waals surface area contributed by atoms with E-state index in [-0.39, 0.29) is 5.91 Å². The Hall–Kier alpha value is -2.04. The Bertz CT molecular complexity index is 527. The fourth-order valence-corrected chi connectivity index (χ4v) is 2.14. The fraction of sp³-hybridized carbons (Fsp3) is 0.500. The molecule has 1 aromatic rings. The quantitative estimate of drug-likeness (QED) is 0.568. The molecule has 21 heavy (non-hydrogen) atoms. The van der Waals surface area contributed by atoms with E-state index in [1.165, 1.54) is 6.42 Å². The Morgan fingerprint density at radius 2 is 2.19 bits per heavy atom. The number of guanidine groups is 1. The summed E-state index contributed by atoms with van der Waals surface area (Å²) in [6.07, 6.45) is 1.20. The molecular weight excluding hydrogens is 264 g/mol. The molecule has 0 spiro atoms. The van der Waals surface area contributed by atoms with Gasteiger partial charge in [-0.2, -0.15) is 0 Å². The molecule has 0 heterocycles. The summed E-state index contributed by atoms with van der Waals surface area (Å²) in [5.41, 5.74) is 1.69. The third-order valence-corrected chi connectivity index (χ3v) is 3.61. The molecule has 5 heteroatoms. The predicted molar refractivity (Wildman–Crippen MR) is 85.4 cm³/mol. The van der Waals surface area contributed by atoms with E-state index in [2.05, 4.69) is 34.8 Å². The van der Waals surface area contributed by atoms with E-state index >= 15 is 0 Å². The van der Waals surface area contributed by atoms with Crippen molar-refractivity contribution in [3.63, 3.8) is 0 Å². The number of hydrogen-bond acceptors (Lipinski definition) is 2. The third-order valence-electron chi connectivity index (χ3n) is 3.61. The highest BCUT2D eigenvalue weighted by molar-refractivity contribution is 5.94. The largest absolute Gasteiger partial charge is 0.357 e. The van der Waals surface area contributed by atoms with Crippen molar-refractivity contribution >= 4 is 11.9 Å². The molecule has 2 unspecified atom stereocenters. The molecule has 5 nitrogen and oxygen atoms in total. The number of aliphatic imine (C=N–C) groups is 1. The van der Waals surface area contributed by atoms with E-state index in [4.69, 9.17) is 0 Å². The molecule has 2 atom stereocenters. The first-order valence-electron chi connectivity index (χ1n) is 7.50. The summed E-state index contributed by atoms with van der Waals surface area (Å²) >= 11 is 0. The van der Waals surface area contributed by atoms with Crippen LogP contribution in [0.15, 0.2) is 29.3 Å². The summed E-state index contributed by atoms with van der Waals surface area (Å²) in [6, 6.07) is 8.10. The number of nitrogens with one attached hydrogen (secondary N) is 3. The summed E-state index contributed by atoms with van der Waals surface area (Å²) in [4.78, 5) is 16.2. The molecule has 1 amide bonds. The number of rotatable bonds is 5. The fourth-order valence-electron chi connectivity index (χ4n) is 2.14. The highest BCUT2D eigenvalue weighted by Crippen LogP contribution is 2.28. The molecule has 0 aliphatic heterocycles. The zero-order valence-corrected chi connectivity index (χ0v) is 12.9. The van der Waals surface area contributed by atoms with Crippen molar-refractivity contribution in [3.8, 4) is 0 Å². The number of nitrogens with zero attached hydrogens (tertiary/aromatic N) is 1. The van der Waals surface area contributed by atoms with Crippen molar-refractivity contribution in [2.24, 2.45) is 10.9 Å². The molecular formula is C16H24N4O. The second kappa shape index (κ2) is 7.11. The van der Waals surface area contributed by atoms with Gasteiger partial charge in [-0.15, -0.1) is 0 Å². The molecule has 0 saturated heterocycles. The summed E-state index contributed by atoms with van der Waals surface area (Å²) in [6.45, 7) is 5.68. The highest BCUT2D eigenvalue weighted by atomic mass is 16.1. The summed E-state index contributed by atoms with van der Waals surface area (Å²) in [7, 11) is 1.64. The lowest BCUT2D eigenvalue weighted by Gasteiger charge is -2.11. The zero-order valence-electron chi connectivity index (χ0n) is 12.9. The van der Waals surface area contributed by atoms with Gasteiger partial charge >= 0.3 is 0 Å². The van der Waals surface area contributed by atoms with Gasteiger partial charge in [0, 0.05) is 25.2 Å². The number of amides is 1. The van der Waals surface area contributed by atoms with Gasteiger partial charge < -0.3 is 16.0 Å². The van der Waals surface area contributed by atoms with Crippen molar-refractivity contribution < 1.29 is 4.79 Å². The van der Waals surface area contributed by atoms with Crippen LogP contribution in [0.1, 0.15) is 36.2 Å². The van der Waals surface area contributed by atoms with Crippen molar-refractivity contribution in [1.29, 1.82) is 0 Å². The van der Waals surface area contributed by atoms with E-state index < -0.39 is 0 Å². The minimum Gasteiger partial charge on any atom is -0.357 e. The third kappa shape index (κ3) is 4.48. The smallest absolute Gasteiger partial charge is 0.251 e. The van der Waals surface area contributed by atoms with Gasteiger partial charge in [-0.3, -0.25) is 4.79 Å². The SMILES string of the molecule is CCNC(=NCc1cccc(C(=O)NC)c1)NC1CC1C. The van der Waals surface area contributed by atoms with Gasteiger partial charge in [0.1, 0.15) is 0 Å². The van der Waals surface area contributed by atoms with Crippen LogP contribution in [0.2, 0.25) is 0 Å². The summed E-state index contributed by atoms with van der Waals surface area (Å²) in [5.74, 6) is 1.50. The van der Waals surface area contributed by atoms with E-state index in [0.29, 0.717) is 18.2 Å². The average molecular weight is 288 g/mol. The Morgan fingerprint density at radius 3 is 2.81 bits per heavy atom. The first-order valence-corrected chi connectivity index (χ1v) is 7.50. The van der Waals surface area contributed by atoms with Crippen LogP contribution in [0.25, 0.3) is 0 Å². The lowest BCUT2D eigenvalue weighted by Crippen LogP contribution is -2.39. The van der Waals surface area contributed by atoms with Crippen LogP contribution >= 0.6 is 0 Å². The number of carbonyl (C=O) groups is 1. The number of carbonyl (C=O) groups excluding carboxylic acids is 1. The molecule has 114 valence electrons. The van der Waals surface area contributed by atoms with E-state index in [9.17, 15) is 4.79 Å². The topological polar surface area (TPSA) is 65.5 Å². The van der Waals surface area contributed by atoms with Gasteiger partial charge in [-0.1, -0.05) is 19.1 Å². The molecule has 3 N–H and O–H groups in total. The first kappa shape index (κ1) is 15.4. The number of hydrogen-bond donors (Lipinski definition) is 3. The second-order valence-corrected chi connectivity index (χ2v) is 5.44. The van der Waals surface area contributed by atoms with Gasteiger partial charge in [-0.05, 0) is 37.0 Å². The minimum absolute atomic E-state index is 0.0716. The van der Waals surface area contributed by atoms with Gasteiger partial charge in [0.15, 0.2) is 5.96 Å². The molecule has 1 saturated carbocycles. The Balaban J connectivity index is 2.01. The van der Waals surface area contributed by atoms with Gasteiger partial charge in [0.25, 0.3) is 5.91 Å². The average Bonchev–Trinajstić information content (AvgIpc) is 3.19. The van der Waals surface area contributed by atoms with Crippen molar-refractivity contribution in [1.82, 2.24) is 16.0 Å². The number of benzene rings is 1. The van der Waals surface area contributed by atoms with E-state index in [0.717, 1.165) is 24.0 Å². The van der Waals surface area contributed by atoms with Crippen LogP contribution in [0, 0.1) is 5.92 Å². The molecule has 1 aliphatic carbocycles. The van der Waals surface area contributed by atoms with E-state index in [1.807, 2.05) is 18.2 Å². The van der Waals surface area contributed by atoms with Gasteiger partial charge in [0.2, 0.25) is 0 Å². The van der Waals surface area contributed by atoms with Crippen LogP contribution < -0.4 is 16.0 Å². The molecule has 0 aromatic heterocycles. The van der Waals surface area contributed by atoms with Crippen LogP contribution in [0.3, 0.4) is 0 Å². The second-order valence-electron chi connectivity index (χ2n) is 5.44. The Labute approximate surface area is 126 Å². The molecule has 0 bridgehead atoms. The molecule has 2 rings (SSSR count). The zero-order chi connectivity index (χ0) is 15.2. The molecule has 1 aromatic carbocycles.